The Bertz CT molecular complexity index is 1080. The third kappa shape index (κ3) is 5.53. The number of aryl methyl sites for hydroxylation is 1. The molecule has 0 radical (unpaired) electrons. The SMILES string of the molecule is CCC1(c2ccc(NC(=O)C(CC(C)C)NC(=O)c3ccccc3C)cc2)CCC(=O)NC1=O. The van der Waals surface area contributed by atoms with Crippen molar-refractivity contribution in [3.05, 3.63) is 65.2 Å². The molecule has 0 spiro atoms. The molecule has 1 aliphatic rings. The largest absolute Gasteiger partial charge is 0.340 e. The Morgan fingerprint density at radius 3 is 2.32 bits per heavy atom. The highest BCUT2D eigenvalue weighted by Gasteiger charge is 2.42. The van der Waals surface area contributed by atoms with Gasteiger partial charge in [-0.1, -0.05) is 51.1 Å². The van der Waals surface area contributed by atoms with Gasteiger partial charge in [0, 0.05) is 17.7 Å². The van der Waals surface area contributed by atoms with Crippen molar-refractivity contribution < 1.29 is 19.2 Å². The molecule has 2 unspecified atom stereocenters. The summed E-state index contributed by atoms with van der Waals surface area (Å²) >= 11 is 0. The molecule has 7 nitrogen and oxygen atoms in total. The maximum absolute atomic E-state index is 13.1. The quantitative estimate of drug-likeness (QED) is 0.517. The van der Waals surface area contributed by atoms with Crippen LogP contribution in [0.1, 0.15) is 67.9 Å². The van der Waals surface area contributed by atoms with Crippen LogP contribution in [0.4, 0.5) is 5.69 Å². The molecule has 34 heavy (non-hydrogen) atoms. The van der Waals surface area contributed by atoms with Gasteiger partial charge in [0.25, 0.3) is 5.91 Å². The van der Waals surface area contributed by atoms with Crippen LogP contribution in [0.5, 0.6) is 0 Å². The van der Waals surface area contributed by atoms with Crippen LogP contribution >= 0.6 is 0 Å². The fourth-order valence-electron chi connectivity index (χ4n) is 4.43. The minimum Gasteiger partial charge on any atom is -0.340 e. The molecular formula is C27H33N3O4. The molecule has 0 saturated carbocycles. The molecule has 2 atom stereocenters. The summed E-state index contributed by atoms with van der Waals surface area (Å²) < 4.78 is 0. The zero-order valence-corrected chi connectivity index (χ0v) is 20.2. The van der Waals surface area contributed by atoms with Crippen LogP contribution in [-0.2, 0) is 19.8 Å². The first-order valence-corrected chi connectivity index (χ1v) is 11.8. The molecule has 1 fully saturated rings. The number of hydrogen-bond donors (Lipinski definition) is 3. The summed E-state index contributed by atoms with van der Waals surface area (Å²) in [4.78, 5) is 50.1. The van der Waals surface area contributed by atoms with E-state index in [1.807, 2.05) is 52.0 Å². The van der Waals surface area contributed by atoms with Crippen molar-refractivity contribution in [2.45, 2.75) is 64.8 Å². The molecule has 1 aliphatic heterocycles. The third-order valence-electron chi connectivity index (χ3n) is 6.49. The Morgan fingerprint density at radius 1 is 1.06 bits per heavy atom. The Hall–Kier alpha value is -3.48. The van der Waals surface area contributed by atoms with Crippen LogP contribution < -0.4 is 16.0 Å². The summed E-state index contributed by atoms with van der Waals surface area (Å²) in [6, 6.07) is 13.7. The van der Waals surface area contributed by atoms with Gasteiger partial charge in [-0.25, -0.2) is 0 Å². The first-order chi connectivity index (χ1) is 16.2. The molecule has 2 aromatic rings. The van der Waals surface area contributed by atoms with Crippen LogP contribution in [0.25, 0.3) is 0 Å². The molecule has 1 saturated heterocycles. The molecule has 2 aromatic carbocycles. The standard InChI is InChI=1S/C27H33N3O4/c1-5-27(15-14-23(31)30-26(27)34)19-10-12-20(13-11-19)28-25(33)22(16-17(2)3)29-24(32)21-9-7-6-8-18(21)4/h6-13,17,22H,5,14-16H2,1-4H3,(H,28,33)(H,29,32)(H,30,31,34). The summed E-state index contributed by atoms with van der Waals surface area (Å²) in [6.07, 6.45) is 1.82. The van der Waals surface area contributed by atoms with Gasteiger partial charge in [0.05, 0.1) is 5.41 Å². The smallest absolute Gasteiger partial charge is 0.252 e. The highest BCUT2D eigenvalue weighted by molar-refractivity contribution is 6.04. The van der Waals surface area contributed by atoms with Crippen LogP contribution in [0.3, 0.4) is 0 Å². The van der Waals surface area contributed by atoms with Gasteiger partial charge >= 0.3 is 0 Å². The van der Waals surface area contributed by atoms with Crippen molar-refractivity contribution in [3.8, 4) is 0 Å². The Kier molecular flexibility index (Phi) is 7.87. The normalized spacial score (nSPS) is 18.9. The van der Waals surface area contributed by atoms with Crippen molar-refractivity contribution in [3.63, 3.8) is 0 Å². The summed E-state index contributed by atoms with van der Waals surface area (Å²) in [5.41, 5.74) is 2.02. The van der Waals surface area contributed by atoms with Crippen molar-refractivity contribution in [1.29, 1.82) is 0 Å². The van der Waals surface area contributed by atoms with E-state index in [0.29, 0.717) is 36.9 Å². The molecule has 180 valence electrons. The number of carbonyl (C=O) groups excluding carboxylic acids is 4. The van der Waals surface area contributed by atoms with E-state index in [9.17, 15) is 19.2 Å². The van der Waals surface area contributed by atoms with Crippen LogP contribution in [0, 0.1) is 12.8 Å². The monoisotopic (exact) mass is 463 g/mol. The lowest BCUT2D eigenvalue weighted by molar-refractivity contribution is -0.138. The van der Waals surface area contributed by atoms with Crippen molar-refractivity contribution in [2.24, 2.45) is 5.92 Å². The Labute approximate surface area is 200 Å². The number of rotatable bonds is 8. The molecule has 4 amide bonds. The first-order valence-electron chi connectivity index (χ1n) is 11.8. The average molecular weight is 464 g/mol. The van der Waals surface area contributed by atoms with Gasteiger partial charge in [0.2, 0.25) is 17.7 Å². The third-order valence-corrected chi connectivity index (χ3v) is 6.49. The fourth-order valence-corrected chi connectivity index (χ4v) is 4.43. The summed E-state index contributed by atoms with van der Waals surface area (Å²) in [5, 5.41) is 8.21. The molecule has 3 N–H and O–H groups in total. The zero-order chi connectivity index (χ0) is 24.9. The van der Waals surface area contributed by atoms with Gasteiger partial charge in [-0.15, -0.1) is 0 Å². The number of anilines is 1. The summed E-state index contributed by atoms with van der Waals surface area (Å²) in [7, 11) is 0. The van der Waals surface area contributed by atoms with E-state index < -0.39 is 11.5 Å². The molecule has 3 rings (SSSR count). The number of amides is 4. The van der Waals surface area contributed by atoms with Gasteiger partial charge in [-0.3, -0.25) is 24.5 Å². The molecule has 1 heterocycles. The number of hydrogen-bond acceptors (Lipinski definition) is 4. The highest BCUT2D eigenvalue weighted by atomic mass is 16.2. The van der Waals surface area contributed by atoms with E-state index in [4.69, 9.17) is 0 Å². The summed E-state index contributed by atoms with van der Waals surface area (Å²) in [5.74, 6) is -0.903. The lowest BCUT2D eigenvalue weighted by Gasteiger charge is -2.35. The second-order valence-corrected chi connectivity index (χ2v) is 9.35. The number of benzene rings is 2. The van der Waals surface area contributed by atoms with E-state index in [1.165, 1.54) is 0 Å². The van der Waals surface area contributed by atoms with Crippen molar-refractivity contribution in [2.75, 3.05) is 5.32 Å². The number of nitrogens with one attached hydrogen (secondary N) is 3. The lowest BCUT2D eigenvalue weighted by Crippen LogP contribution is -2.51. The second-order valence-electron chi connectivity index (χ2n) is 9.35. The van der Waals surface area contributed by atoms with Gasteiger partial charge < -0.3 is 10.6 Å². The van der Waals surface area contributed by atoms with Crippen molar-refractivity contribution in [1.82, 2.24) is 10.6 Å². The average Bonchev–Trinajstić information content (AvgIpc) is 2.79. The number of piperidine rings is 1. The Balaban J connectivity index is 1.74. The number of imide groups is 1. The topological polar surface area (TPSA) is 104 Å². The highest BCUT2D eigenvalue weighted by Crippen LogP contribution is 2.36. The van der Waals surface area contributed by atoms with Gasteiger partial charge in [-0.2, -0.15) is 0 Å². The van der Waals surface area contributed by atoms with Gasteiger partial charge in [-0.05, 0) is 61.4 Å². The van der Waals surface area contributed by atoms with Gasteiger partial charge in [0.1, 0.15) is 6.04 Å². The first kappa shape index (κ1) is 25.1. The van der Waals surface area contributed by atoms with E-state index in [-0.39, 0.29) is 29.5 Å². The molecule has 0 aromatic heterocycles. The van der Waals surface area contributed by atoms with E-state index in [0.717, 1.165) is 11.1 Å². The lowest BCUT2D eigenvalue weighted by atomic mass is 9.72. The van der Waals surface area contributed by atoms with E-state index in [2.05, 4.69) is 16.0 Å². The second kappa shape index (κ2) is 10.6. The predicted octanol–water partition coefficient (Wildman–Crippen LogP) is 3.86. The van der Waals surface area contributed by atoms with Crippen molar-refractivity contribution >= 4 is 29.3 Å². The molecule has 0 aliphatic carbocycles. The van der Waals surface area contributed by atoms with E-state index >= 15 is 0 Å². The van der Waals surface area contributed by atoms with Crippen LogP contribution in [0.15, 0.2) is 48.5 Å². The fraction of sp³-hybridized carbons (Fsp3) is 0.407. The minimum absolute atomic E-state index is 0.201. The zero-order valence-electron chi connectivity index (χ0n) is 20.2. The molecule has 0 bridgehead atoms. The maximum atomic E-state index is 13.1. The Morgan fingerprint density at radius 2 is 1.74 bits per heavy atom. The predicted molar refractivity (Wildman–Crippen MR) is 131 cm³/mol. The summed E-state index contributed by atoms with van der Waals surface area (Å²) in [6.45, 7) is 7.79. The molecule has 7 heteroatoms. The van der Waals surface area contributed by atoms with Crippen LogP contribution in [0.2, 0.25) is 0 Å². The van der Waals surface area contributed by atoms with Gasteiger partial charge in [0.15, 0.2) is 0 Å². The van der Waals surface area contributed by atoms with Crippen LogP contribution in [-0.4, -0.2) is 29.7 Å². The minimum atomic E-state index is -0.752. The maximum Gasteiger partial charge on any atom is 0.252 e. The molecular weight excluding hydrogens is 430 g/mol. The van der Waals surface area contributed by atoms with E-state index in [1.54, 1.807) is 24.3 Å². The number of carbonyl (C=O) groups is 4.